The number of carboxylic acid groups (broad SMARTS) is 1. The van der Waals surface area contributed by atoms with Crippen LogP contribution in [0.4, 0.5) is 0 Å². The van der Waals surface area contributed by atoms with Crippen molar-refractivity contribution in [2.45, 2.75) is 39.5 Å². The van der Waals surface area contributed by atoms with Gasteiger partial charge >= 0.3 is 5.97 Å². The van der Waals surface area contributed by atoms with E-state index in [4.69, 9.17) is 9.52 Å². The number of oxazole rings is 1. The molecule has 0 atom stereocenters. The molecule has 106 valence electrons. The lowest BCUT2D eigenvalue weighted by atomic mass is 10.00. The topological polar surface area (TPSA) is 63.3 Å². The molecule has 0 aliphatic rings. The highest BCUT2D eigenvalue weighted by molar-refractivity contribution is 5.68. The molecule has 1 aromatic carbocycles. The summed E-state index contributed by atoms with van der Waals surface area (Å²) in [6.45, 7) is 6.07. The fourth-order valence-corrected chi connectivity index (χ4v) is 2.11. The smallest absolute Gasteiger partial charge is 0.303 e. The number of hydrogen-bond donors (Lipinski definition) is 1. The van der Waals surface area contributed by atoms with Gasteiger partial charge in [0, 0.05) is 18.9 Å². The van der Waals surface area contributed by atoms with E-state index in [-0.39, 0.29) is 6.42 Å². The average molecular weight is 273 g/mol. The van der Waals surface area contributed by atoms with Crippen LogP contribution >= 0.6 is 0 Å². The van der Waals surface area contributed by atoms with Gasteiger partial charge in [-0.25, -0.2) is 4.98 Å². The van der Waals surface area contributed by atoms with Crippen LogP contribution in [0, 0.1) is 6.92 Å². The first-order valence-corrected chi connectivity index (χ1v) is 6.76. The molecule has 2 aromatic rings. The van der Waals surface area contributed by atoms with Gasteiger partial charge in [0.15, 0.2) is 5.89 Å². The average Bonchev–Trinajstić information content (AvgIpc) is 2.77. The second-order valence-corrected chi connectivity index (χ2v) is 5.18. The first-order chi connectivity index (χ1) is 9.47. The summed E-state index contributed by atoms with van der Waals surface area (Å²) in [5, 5.41) is 8.78. The number of aromatic nitrogens is 1. The second kappa shape index (κ2) is 5.90. The first kappa shape index (κ1) is 14.3. The molecular weight excluding hydrogens is 254 g/mol. The number of carboxylic acids is 1. The zero-order valence-electron chi connectivity index (χ0n) is 12.0. The van der Waals surface area contributed by atoms with Crippen LogP contribution in [0.25, 0.3) is 11.3 Å². The summed E-state index contributed by atoms with van der Waals surface area (Å²) in [6.07, 6.45) is 0.406. The highest BCUT2D eigenvalue weighted by Crippen LogP contribution is 2.26. The molecule has 0 bridgehead atoms. The quantitative estimate of drug-likeness (QED) is 0.900. The lowest BCUT2D eigenvalue weighted by molar-refractivity contribution is -0.137. The van der Waals surface area contributed by atoms with Crippen LogP contribution < -0.4 is 0 Å². The summed E-state index contributed by atoms with van der Waals surface area (Å²) < 4.78 is 5.52. The van der Waals surface area contributed by atoms with E-state index < -0.39 is 5.97 Å². The molecule has 0 saturated carbocycles. The number of carbonyl (C=O) groups is 1. The van der Waals surface area contributed by atoms with Crippen LogP contribution in [0.5, 0.6) is 0 Å². The highest BCUT2D eigenvalue weighted by atomic mass is 16.4. The second-order valence-electron chi connectivity index (χ2n) is 5.18. The van der Waals surface area contributed by atoms with Gasteiger partial charge in [-0.15, -0.1) is 0 Å². The fraction of sp³-hybridized carbons (Fsp3) is 0.375. The summed E-state index contributed by atoms with van der Waals surface area (Å²) in [7, 11) is 0. The fourth-order valence-electron chi connectivity index (χ4n) is 2.11. The van der Waals surface area contributed by atoms with Gasteiger partial charge in [0.25, 0.3) is 0 Å². The van der Waals surface area contributed by atoms with Gasteiger partial charge in [-0.2, -0.15) is 0 Å². The van der Waals surface area contributed by atoms with Crippen LogP contribution in [-0.2, 0) is 11.2 Å². The van der Waals surface area contributed by atoms with E-state index in [1.54, 1.807) is 6.92 Å². The Hall–Kier alpha value is -2.10. The third-order valence-electron chi connectivity index (χ3n) is 3.22. The number of nitrogens with zero attached hydrogens (tertiary/aromatic N) is 1. The number of benzene rings is 1. The molecule has 1 aromatic heterocycles. The predicted molar refractivity (Wildman–Crippen MR) is 76.7 cm³/mol. The zero-order chi connectivity index (χ0) is 14.7. The Morgan fingerprint density at radius 2 is 1.95 bits per heavy atom. The molecule has 20 heavy (non-hydrogen) atoms. The van der Waals surface area contributed by atoms with Crippen molar-refractivity contribution in [1.29, 1.82) is 0 Å². The summed E-state index contributed by atoms with van der Waals surface area (Å²) in [4.78, 5) is 15.1. The third-order valence-corrected chi connectivity index (χ3v) is 3.22. The van der Waals surface area contributed by atoms with Gasteiger partial charge in [-0.05, 0) is 11.5 Å². The molecule has 0 amide bonds. The van der Waals surface area contributed by atoms with Crippen molar-refractivity contribution in [2.24, 2.45) is 0 Å². The van der Waals surface area contributed by atoms with E-state index in [2.05, 4.69) is 31.0 Å². The van der Waals surface area contributed by atoms with E-state index in [1.165, 1.54) is 5.56 Å². The van der Waals surface area contributed by atoms with Crippen molar-refractivity contribution < 1.29 is 14.3 Å². The van der Waals surface area contributed by atoms with Gasteiger partial charge < -0.3 is 9.52 Å². The minimum absolute atomic E-state index is 0.0473. The Labute approximate surface area is 118 Å². The van der Waals surface area contributed by atoms with E-state index in [0.717, 1.165) is 11.3 Å². The van der Waals surface area contributed by atoms with Crippen molar-refractivity contribution in [3.63, 3.8) is 0 Å². The van der Waals surface area contributed by atoms with Crippen LogP contribution in [-0.4, -0.2) is 16.1 Å². The number of hydrogen-bond acceptors (Lipinski definition) is 3. The molecule has 0 spiro atoms. The standard InChI is InChI=1S/C16H19NO3/c1-10(2)12-4-6-13(7-5-12)16-14(8-9-15(18)19)20-11(3)17-16/h4-7,10H,8-9H2,1-3H3,(H,18,19). The molecule has 0 radical (unpaired) electrons. The maximum absolute atomic E-state index is 10.7. The lowest BCUT2D eigenvalue weighted by Gasteiger charge is -2.06. The molecule has 1 heterocycles. The highest BCUT2D eigenvalue weighted by Gasteiger charge is 2.14. The van der Waals surface area contributed by atoms with Crippen molar-refractivity contribution in [3.05, 3.63) is 41.5 Å². The molecule has 0 saturated heterocycles. The molecular formula is C16H19NO3. The Kier molecular flexibility index (Phi) is 4.23. The molecule has 4 heteroatoms. The molecule has 0 unspecified atom stereocenters. The Bertz CT molecular complexity index is 597. The van der Waals surface area contributed by atoms with Gasteiger partial charge in [0.1, 0.15) is 11.5 Å². The molecule has 1 N–H and O–H groups in total. The van der Waals surface area contributed by atoms with Crippen LogP contribution in [0.2, 0.25) is 0 Å². The minimum atomic E-state index is -0.833. The van der Waals surface area contributed by atoms with Crippen molar-refractivity contribution >= 4 is 5.97 Å². The summed E-state index contributed by atoms with van der Waals surface area (Å²) >= 11 is 0. The van der Waals surface area contributed by atoms with E-state index in [0.29, 0.717) is 24.0 Å². The van der Waals surface area contributed by atoms with Crippen LogP contribution in [0.15, 0.2) is 28.7 Å². The maximum atomic E-state index is 10.7. The van der Waals surface area contributed by atoms with E-state index in [9.17, 15) is 4.79 Å². The molecule has 2 rings (SSSR count). The number of aryl methyl sites for hydroxylation is 2. The molecule has 0 fully saturated rings. The third kappa shape index (κ3) is 3.26. The van der Waals surface area contributed by atoms with Gasteiger partial charge in [-0.1, -0.05) is 38.1 Å². The van der Waals surface area contributed by atoms with Crippen molar-refractivity contribution in [2.75, 3.05) is 0 Å². The van der Waals surface area contributed by atoms with Gasteiger partial charge in [-0.3, -0.25) is 4.79 Å². The van der Waals surface area contributed by atoms with Crippen LogP contribution in [0.3, 0.4) is 0 Å². The molecule has 0 aliphatic heterocycles. The monoisotopic (exact) mass is 273 g/mol. The SMILES string of the molecule is Cc1nc(-c2ccc(C(C)C)cc2)c(CCC(=O)O)o1. The number of rotatable bonds is 5. The largest absolute Gasteiger partial charge is 0.481 e. The van der Waals surface area contributed by atoms with Gasteiger partial charge in [0.2, 0.25) is 0 Å². The first-order valence-electron chi connectivity index (χ1n) is 6.76. The number of aliphatic carboxylic acids is 1. The minimum Gasteiger partial charge on any atom is -0.481 e. The maximum Gasteiger partial charge on any atom is 0.303 e. The lowest BCUT2D eigenvalue weighted by Crippen LogP contribution is -1.98. The van der Waals surface area contributed by atoms with Gasteiger partial charge in [0.05, 0.1) is 6.42 Å². The summed E-state index contributed by atoms with van der Waals surface area (Å²) in [6, 6.07) is 8.17. The zero-order valence-corrected chi connectivity index (χ0v) is 12.0. The molecule has 0 aliphatic carbocycles. The normalized spacial score (nSPS) is 11.0. The van der Waals surface area contributed by atoms with E-state index in [1.807, 2.05) is 12.1 Å². The predicted octanol–water partition coefficient (Wildman–Crippen LogP) is 3.79. The Morgan fingerprint density at radius 1 is 1.30 bits per heavy atom. The van der Waals surface area contributed by atoms with Crippen molar-refractivity contribution in [1.82, 2.24) is 4.98 Å². The van der Waals surface area contributed by atoms with E-state index >= 15 is 0 Å². The van der Waals surface area contributed by atoms with Crippen LogP contribution in [0.1, 0.15) is 43.4 Å². The van der Waals surface area contributed by atoms with Crippen molar-refractivity contribution in [3.8, 4) is 11.3 Å². The Balaban J connectivity index is 2.29. The summed E-state index contributed by atoms with van der Waals surface area (Å²) in [5.41, 5.74) is 2.98. The molecule has 4 nitrogen and oxygen atoms in total. The summed E-state index contributed by atoms with van der Waals surface area (Å²) in [5.74, 6) is 0.852. The Morgan fingerprint density at radius 3 is 2.50 bits per heavy atom.